The van der Waals surface area contributed by atoms with Crippen LogP contribution in [0.5, 0.6) is 0 Å². The highest BCUT2D eigenvalue weighted by molar-refractivity contribution is 5.98. The Morgan fingerprint density at radius 3 is 1.73 bits per heavy atom. The van der Waals surface area contributed by atoms with Crippen molar-refractivity contribution in [3.63, 3.8) is 0 Å². The molecule has 0 aliphatic rings. The third kappa shape index (κ3) is 6.26. The fourth-order valence-corrected chi connectivity index (χ4v) is 0.737. The lowest BCUT2D eigenvalue weighted by Gasteiger charge is -1.94. The van der Waals surface area contributed by atoms with Crippen molar-refractivity contribution in [1.82, 2.24) is 0 Å². The van der Waals surface area contributed by atoms with E-state index in [2.05, 4.69) is 10.3 Å². The first kappa shape index (κ1) is 13.2. The zero-order valence-electron chi connectivity index (χ0n) is 9.18. The molecule has 82 valence electrons. The molecule has 0 aromatic heterocycles. The molecule has 2 N–H and O–H groups in total. The summed E-state index contributed by atoms with van der Waals surface area (Å²) in [6, 6.07) is 9.53. The van der Waals surface area contributed by atoms with Crippen molar-refractivity contribution in [2.24, 2.45) is 10.3 Å². The molecule has 0 amide bonds. The first-order valence-electron chi connectivity index (χ1n) is 4.51. The van der Waals surface area contributed by atoms with E-state index in [9.17, 15) is 0 Å². The van der Waals surface area contributed by atoms with Crippen LogP contribution in [0, 0.1) is 0 Å². The fourth-order valence-electron chi connectivity index (χ4n) is 0.737. The van der Waals surface area contributed by atoms with Crippen LogP contribution in [0.1, 0.15) is 26.3 Å². The van der Waals surface area contributed by atoms with Crippen LogP contribution in [-0.2, 0) is 0 Å². The maximum absolute atomic E-state index is 8.38. The Labute approximate surface area is 89.5 Å². The number of oxime groups is 2. The Bertz CT molecular complexity index is 328. The van der Waals surface area contributed by atoms with Crippen molar-refractivity contribution >= 4 is 11.4 Å². The van der Waals surface area contributed by atoms with Gasteiger partial charge in [-0.1, -0.05) is 40.6 Å². The molecule has 0 atom stereocenters. The topological polar surface area (TPSA) is 65.2 Å². The minimum Gasteiger partial charge on any atom is -0.411 e. The molecule has 15 heavy (non-hydrogen) atoms. The van der Waals surface area contributed by atoms with E-state index in [1.54, 1.807) is 20.8 Å². The van der Waals surface area contributed by atoms with Gasteiger partial charge < -0.3 is 10.4 Å². The van der Waals surface area contributed by atoms with E-state index in [-0.39, 0.29) is 0 Å². The third-order valence-corrected chi connectivity index (χ3v) is 1.54. The smallest absolute Gasteiger partial charge is 0.0836 e. The maximum Gasteiger partial charge on any atom is 0.0836 e. The summed E-state index contributed by atoms with van der Waals surface area (Å²) in [5.74, 6) is 0. The summed E-state index contributed by atoms with van der Waals surface area (Å²) in [6.45, 7) is 5.20. The van der Waals surface area contributed by atoms with Gasteiger partial charge in [0.25, 0.3) is 0 Å². The molecule has 1 aromatic rings. The van der Waals surface area contributed by atoms with Gasteiger partial charge in [-0.15, -0.1) is 0 Å². The van der Waals surface area contributed by atoms with Gasteiger partial charge in [0.15, 0.2) is 0 Å². The summed E-state index contributed by atoms with van der Waals surface area (Å²) in [5.41, 5.74) is 2.27. The summed E-state index contributed by atoms with van der Waals surface area (Å²) >= 11 is 0. The molecule has 0 unspecified atom stereocenters. The minimum atomic E-state index is 0.639. The van der Waals surface area contributed by atoms with E-state index in [1.807, 2.05) is 30.3 Å². The maximum atomic E-state index is 8.38. The Morgan fingerprint density at radius 2 is 1.40 bits per heavy atom. The lowest BCUT2D eigenvalue weighted by atomic mass is 10.1. The normalized spacial score (nSPS) is 9.93. The van der Waals surface area contributed by atoms with E-state index in [0.29, 0.717) is 11.4 Å². The van der Waals surface area contributed by atoms with Crippen molar-refractivity contribution in [2.75, 3.05) is 0 Å². The second-order valence-corrected chi connectivity index (χ2v) is 3.10. The predicted octanol–water partition coefficient (Wildman–Crippen LogP) is 2.74. The second-order valence-electron chi connectivity index (χ2n) is 3.10. The van der Waals surface area contributed by atoms with Crippen LogP contribution in [-0.4, -0.2) is 21.8 Å². The summed E-state index contributed by atoms with van der Waals surface area (Å²) in [5, 5.41) is 22.0. The summed E-state index contributed by atoms with van der Waals surface area (Å²) in [4.78, 5) is 0. The molecular weight excluding hydrogens is 192 g/mol. The number of benzene rings is 1. The highest BCUT2D eigenvalue weighted by Gasteiger charge is 1.92. The lowest BCUT2D eigenvalue weighted by Crippen LogP contribution is -1.92. The third-order valence-electron chi connectivity index (χ3n) is 1.54. The van der Waals surface area contributed by atoms with Crippen LogP contribution < -0.4 is 0 Å². The van der Waals surface area contributed by atoms with Gasteiger partial charge in [-0.05, 0) is 26.3 Å². The van der Waals surface area contributed by atoms with Gasteiger partial charge in [-0.2, -0.15) is 0 Å². The highest BCUT2D eigenvalue weighted by Crippen LogP contribution is 1.99. The molecule has 4 nitrogen and oxygen atoms in total. The number of nitrogens with zero attached hydrogens (tertiary/aromatic N) is 2. The summed E-state index contributed by atoms with van der Waals surface area (Å²) in [6.07, 6.45) is 0. The van der Waals surface area contributed by atoms with Crippen molar-refractivity contribution < 1.29 is 10.4 Å². The van der Waals surface area contributed by atoms with Gasteiger partial charge in [0.2, 0.25) is 0 Å². The molecule has 4 heteroatoms. The average molecular weight is 208 g/mol. The Morgan fingerprint density at radius 1 is 0.933 bits per heavy atom. The van der Waals surface area contributed by atoms with Crippen LogP contribution in [0.2, 0.25) is 0 Å². The first-order valence-corrected chi connectivity index (χ1v) is 4.51. The lowest BCUT2D eigenvalue weighted by molar-refractivity contribution is 0.318. The number of rotatable bonds is 1. The van der Waals surface area contributed by atoms with Crippen LogP contribution >= 0.6 is 0 Å². The zero-order chi connectivity index (χ0) is 11.7. The van der Waals surface area contributed by atoms with Crippen LogP contribution in [0.15, 0.2) is 40.6 Å². The fraction of sp³-hybridized carbons (Fsp3) is 0.273. The molecule has 0 aliphatic carbocycles. The second kappa shape index (κ2) is 7.55. The first-order chi connectivity index (χ1) is 7.11. The van der Waals surface area contributed by atoms with Gasteiger partial charge in [-0.25, -0.2) is 0 Å². The number of hydrogen-bond acceptors (Lipinski definition) is 4. The molecule has 0 heterocycles. The molecule has 1 aromatic carbocycles. The van der Waals surface area contributed by atoms with Gasteiger partial charge in [0.1, 0.15) is 0 Å². The van der Waals surface area contributed by atoms with E-state index >= 15 is 0 Å². The van der Waals surface area contributed by atoms with Crippen molar-refractivity contribution in [1.29, 1.82) is 0 Å². The minimum absolute atomic E-state index is 0.639. The Kier molecular flexibility index (Phi) is 6.63. The van der Waals surface area contributed by atoms with Gasteiger partial charge in [-0.3, -0.25) is 0 Å². The number of hydrogen-bond donors (Lipinski definition) is 2. The zero-order valence-corrected chi connectivity index (χ0v) is 9.18. The van der Waals surface area contributed by atoms with Crippen molar-refractivity contribution in [3.8, 4) is 0 Å². The molecule has 0 radical (unpaired) electrons. The van der Waals surface area contributed by atoms with E-state index in [4.69, 9.17) is 10.4 Å². The molecule has 0 spiro atoms. The van der Waals surface area contributed by atoms with Crippen molar-refractivity contribution in [3.05, 3.63) is 35.9 Å². The van der Waals surface area contributed by atoms with Crippen LogP contribution in [0.25, 0.3) is 0 Å². The van der Waals surface area contributed by atoms with E-state index in [0.717, 1.165) is 5.56 Å². The monoisotopic (exact) mass is 208 g/mol. The largest absolute Gasteiger partial charge is 0.411 e. The van der Waals surface area contributed by atoms with E-state index in [1.165, 1.54) is 0 Å². The standard InChI is InChI=1S/C8H9NO.C3H7NO/c1-7(9-10)8-5-3-2-4-6-8;1-3(2)4-5/h2-6,10H,1H3;5H,1-2H3. The molecule has 0 aliphatic heterocycles. The molecule has 1 rings (SSSR count). The van der Waals surface area contributed by atoms with Gasteiger partial charge in [0.05, 0.1) is 11.4 Å². The van der Waals surface area contributed by atoms with E-state index < -0.39 is 0 Å². The van der Waals surface area contributed by atoms with Crippen molar-refractivity contribution in [2.45, 2.75) is 20.8 Å². The summed E-state index contributed by atoms with van der Waals surface area (Å²) < 4.78 is 0. The Balaban J connectivity index is 0.000000336. The van der Waals surface area contributed by atoms with Crippen LogP contribution in [0.4, 0.5) is 0 Å². The van der Waals surface area contributed by atoms with Crippen LogP contribution in [0.3, 0.4) is 0 Å². The quantitative estimate of drug-likeness (QED) is 0.423. The molecular formula is C11H16N2O2. The Hall–Kier alpha value is -1.84. The average Bonchev–Trinajstić information content (AvgIpc) is 2.30. The SMILES string of the molecule is CC(=NO)c1ccccc1.CC(C)=NO. The predicted molar refractivity (Wildman–Crippen MR) is 61.0 cm³/mol. The molecule has 0 saturated heterocycles. The van der Waals surface area contributed by atoms with Gasteiger partial charge >= 0.3 is 0 Å². The molecule has 0 saturated carbocycles. The molecule has 0 fully saturated rings. The molecule has 0 bridgehead atoms. The highest BCUT2D eigenvalue weighted by atomic mass is 16.4. The van der Waals surface area contributed by atoms with Gasteiger partial charge in [0, 0.05) is 0 Å². The summed E-state index contributed by atoms with van der Waals surface area (Å²) in [7, 11) is 0.